The fourth-order valence-corrected chi connectivity index (χ4v) is 2.09. The number of fused-ring (bicyclic) bond motifs is 1. The van der Waals surface area contributed by atoms with Crippen molar-refractivity contribution in [2.24, 2.45) is 0 Å². The van der Waals surface area contributed by atoms with Crippen molar-refractivity contribution >= 4 is 26.2 Å². The van der Waals surface area contributed by atoms with E-state index in [9.17, 15) is 4.79 Å². The average molecular weight is 269 g/mol. The van der Waals surface area contributed by atoms with E-state index < -0.39 is 0 Å². The Bertz CT molecular complexity index is 463. The van der Waals surface area contributed by atoms with Crippen LogP contribution in [0, 0.1) is 0 Å². The molecule has 0 unspecified atom stereocenters. The number of methoxy groups -OCH3 is 2. The van der Waals surface area contributed by atoms with Crippen molar-refractivity contribution in [3.8, 4) is 11.5 Å². The van der Waals surface area contributed by atoms with Crippen molar-refractivity contribution in [1.82, 2.24) is 0 Å². The summed E-state index contributed by atoms with van der Waals surface area (Å²) >= 11 is 3.33. The van der Waals surface area contributed by atoms with Gasteiger partial charge >= 0.3 is 0 Å². The molecule has 0 fully saturated rings. The van der Waals surface area contributed by atoms with Gasteiger partial charge in [-0.05, 0) is 12.1 Å². The summed E-state index contributed by atoms with van der Waals surface area (Å²) < 4.78 is 11.1. The zero-order valence-corrected chi connectivity index (χ0v) is 9.92. The molecule has 0 amide bonds. The largest absolute Gasteiger partial charge is 0.493 e. The van der Waals surface area contributed by atoms with Crippen LogP contribution < -0.4 is 9.47 Å². The highest BCUT2D eigenvalue weighted by Gasteiger charge is 2.22. The van der Waals surface area contributed by atoms with E-state index in [0.29, 0.717) is 17.1 Å². The fourth-order valence-electron chi connectivity index (χ4n) is 1.55. The van der Waals surface area contributed by atoms with Crippen LogP contribution in [0.3, 0.4) is 0 Å². The van der Waals surface area contributed by atoms with Crippen LogP contribution in [0.2, 0.25) is 0 Å². The summed E-state index contributed by atoms with van der Waals surface area (Å²) in [6.45, 7) is 0. The monoisotopic (exact) mass is 268 g/mol. The fraction of sp³-hybridized carbons (Fsp3) is 0.182. The summed E-state index contributed by atoms with van der Waals surface area (Å²) in [7, 11) is 3.12. The molecular formula is C11H9BrO3. The number of halogens is 1. The van der Waals surface area contributed by atoms with Crippen molar-refractivity contribution in [3.05, 3.63) is 29.3 Å². The lowest BCUT2D eigenvalue weighted by Gasteiger charge is -2.09. The van der Waals surface area contributed by atoms with E-state index in [1.165, 1.54) is 0 Å². The lowest BCUT2D eigenvalue weighted by molar-refractivity contribution is 0.104. The Kier molecular flexibility index (Phi) is 2.52. The van der Waals surface area contributed by atoms with Gasteiger partial charge < -0.3 is 9.47 Å². The van der Waals surface area contributed by atoms with Gasteiger partial charge in [-0.15, -0.1) is 0 Å². The smallest absolute Gasteiger partial charge is 0.187 e. The lowest BCUT2D eigenvalue weighted by Crippen LogP contribution is -1.96. The van der Waals surface area contributed by atoms with Crippen LogP contribution in [0.25, 0.3) is 4.48 Å². The highest BCUT2D eigenvalue weighted by Crippen LogP contribution is 2.39. The molecule has 0 aromatic heterocycles. The second kappa shape index (κ2) is 3.70. The second-order valence-corrected chi connectivity index (χ2v) is 3.96. The number of ketones is 1. The SMILES string of the molecule is COc1cc2c(cc1OC)C(Br)=CC2=O. The zero-order valence-electron chi connectivity index (χ0n) is 8.33. The average Bonchev–Trinajstić information content (AvgIpc) is 2.52. The van der Waals surface area contributed by atoms with Gasteiger partial charge in [0.1, 0.15) is 0 Å². The first-order valence-corrected chi connectivity index (χ1v) is 5.14. The number of allylic oxidation sites excluding steroid dienone is 1. The molecule has 0 saturated heterocycles. The predicted molar refractivity (Wildman–Crippen MR) is 60.8 cm³/mol. The van der Waals surface area contributed by atoms with E-state index in [0.717, 1.165) is 10.0 Å². The third-order valence-electron chi connectivity index (χ3n) is 2.30. The lowest BCUT2D eigenvalue weighted by atomic mass is 10.1. The molecule has 0 N–H and O–H groups in total. The Morgan fingerprint density at radius 2 is 1.60 bits per heavy atom. The molecule has 1 aromatic carbocycles. The van der Waals surface area contributed by atoms with Crippen molar-refractivity contribution in [1.29, 1.82) is 0 Å². The highest BCUT2D eigenvalue weighted by molar-refractivity contribution is 9.15. The first-order valence-electron chi connectivity index (χ1n) is 4.35. The van der Waals surface area contributed by atoms with E-state index in [-0.39, 0.29) is 5.78 Å². The maximum absolute atomic E-state index is 11.5. The number of benzene rings is 1. The maximum atomic E-state index is 11.5. The van der Waals surface area contributed by atoms with Crippen molar-refractivity contribution in [2.45, 2.75) is 0 Å². The molecule has 0 radical (unpaired) electrons. The van der Waals surface area contributed by atoms with Crippen LogP contribution in [0.1, 0.15) is 15.9 Å². The van der Waals surface area contributed by atoms with Gasteiger partial charge in [0.15, 0.2) is 17.3 Å². The van der Waals surface area contributed by atoms with Crippen molar-refractivity contribution < 1.29 is 14.3 Å². The number of carbonyl (C=O) groups is 1. The van der Waals surface area contributed by atoms with E-state index in [1.807, 2.05) is 0 Å². The van der Waals surface area contributed by atoms with Crippen molar-refractivity contribution in [3.63, 3.8) is 0 Å². The maximum Gasteiger partial charge on any atom is 0.187 e. The highest BCUT2D eigenvalue weighted by atomic mass is 79.9. The number of rotatable bonds is 2. The van der Waals surface area contributed by atoms with Gasteiger partial charge in [-0.3, -0.25) is 4.79 Å². The van der Waals surface area contributed by atoms with Gasteiger partial charge in [-0.1, -0.05) is 15.9 Å². The van der Waals surface area contributed by atoms with Gasteiger partial charge in [-0.25, -0.2) is 0 Å². The molecule has 0 saturated carbocycles. The third kappa shape index (κ3) is 1.55. The van der Waals surface area contributed by atoms with Gasteiger partial charge in [-0.2, -0.15) is 0 Å². The predicted octanol–water partition coefficient (Wildman–Crippen LogP) is 2.64. The molecule has 0 aliphatic heterocycles. The number of carbonyl (C=O) groups excluding carboxylic acids is 1. The molecule has 1 aliphatic rings. The first-order chi connectivity index (χ1) is 7.17. The molecule has 0 spiro atoms. The van der Waals surface area contributed by atoms with Crippen LogP contribution in [0.5, 0.6) is 11.5 Å². The van der Waals surface area contributed by atoms with Crippen LogP contribution in [-0.4, -0.2) is 20.0 Å². The number of ether oxygens (including phenoxy) is 2. The summed E-state index contributed by atoms with van der Waals surface area (Å²) in [6.07, 6.45) is 1.55. The molecular weight excluding hydrogens is 260 g/mol. The normalized spacial score (nSPS) is 13.5. The Morgan fingerprint density at radius 1 is 1.07 bits per heavy atom. The van der Waals surface area contributed by atoms with Crippen molar-refractivity contribution in [2.75, 3.05) is 14.2 Å². The Labute approximate surface area is 95.8 Å². The van der Waals surface area contributed by atoms with E-state index in [1.54, 1.807) is 32.4 Å². The molecule has 78 valence electrons. The number of hydrogen-bond donors (Lipinski definition) is 0. The zero-order chi connectivity index (χ0) is 11.0. The van der Waals surface area contributed by atoms with Crippen LogP contribution in [-0.2, 0) is 0 Å². The topological polar surface area (TPSA) is 35.5 Å². The summed E-state index contributed by atoms with van der Waals surface area (Å²) in [5.41, 5.74) is 1.48. The third-order valence-corrected chi connectivity index (χ3v) is 2.96. The molecule has 2 rings (SSSR count). The van der Waals surface area contributed by atoms with Gasteiger partial charge in [0, 0.05) is 21.7 Å². The Hall–Kier alpha value is -1.29. The standard InChI is InChI=1S/C11H9BrO3/c1-14-10-3-6-7(4-11(10)15-2)9(13)5-8(6)12/h3-5H,1-2H3. The summed E-state index contributed by atoms with van der Waals surface area (Å²) in [6, 6.07) is 3.49. The summed E-state index contributed by atoms with van der Waals surface area (Å²) in [5, 5.41) is 0. The summed E-state index contributed by atoms with van der Waals surface area (Å²) in [5.74, 6) is 1.18. The minimum absolute atomic E-state index is 0.0159. The van der Waals surface area contributed by atoms with E-state index >= 15 is 0 Å². The van der Waals surface area contributed by atoms with Crippen LogP contribution >= 0.6 is 15.9 Å². The van der Waals surface area contributed by atoms with Gasteiger partial charge in [0.05, 0.1) is 14.2 Å². The molecule has 0 heterocycles. The van der Waals surface area contributed by atoms with Crippen LogP contribution in [0.4, 0.5) is 0 Å². The van der Waals surface area contributed by atoms with E-state index in [4.69, 9.17) is 9.47 Å². The molecule has 15 heavy (non-hydrogen) atoms. The van der Waals surface area contributed by atoms with E-state index in [2.05, 4.69) is 15.9 Å². The molecule has 0 atom stereocenters. The van der Waals surface area contributed by atoms with Gasteiger partial charge in [0.25, 0.3) is 0 Å². The minimum atomic E-state index is -0.0159. The second-order valence-electron chi connectivity index (χ2n) is 3.11. The molecule has 1 aliphatic carbocycles. The summed E-state index contributed by atoms with van der Waals surface area (Å²) in [4.78, 5) is 11.5. The molecule has 4 heteroatoms. The molecule has 1 aromatic rings. The Morgan fingerprint density at radius 3 is 2.13 bits per heavy atom. The minimum Gasteiger partial charge on any atom is -0.493 e. The quantitative estimate of drug-likeness (QED) is 0.827. The molecule has 0 bridgehead atoms. The van der Waals surface area contributed by atoms with Gasteiger partial charge in [0.2, 0.25) is 0 Å². The molecule has 3 nitrogen and oxygen atoms in total. The first kappa shape index (κ1) is 10.2. The Balaban J connectivity index is 2.63. The number of hydrogen-bond acceptors (Lipinski definition) is 3. The van der Waals surface area contributed by atoms with Crippen LogP contribution in [0.15, 0.2) is 18.2 Å².